The van der Waals surface area contributed by atoms with Crippen LogP contribution in [0.1, 0.15) is 548 Å². The molecule has 13 nitrogen and oxygen atoms in total. The molecule has 0 aliphatic carbocycles. The number of carbonyl (C=O) groups excluding carboxylic acids is 3. The summed E-state index contributed by atoms with van der Waals surface area (Å²) in [6, 6.07) is 0. The van der Waals surface area contributed by atoms with Gasteiger partial charge in [0, 0.05) is 32.1 Å². The summed E-state index contributed by atoms with van der Waals surface area (Å²) in [7, 11) is 0. The lowest BCUT2D eigenvalue weighted by Crippen LogP contribution is -2.30. The number of aliphatic hydroxyl groups excluding tert-OH is 3. The van der Waals surface area contributed by atoms with E-state index in [0.29, 0.717) is 32.1 Å². The van der Waals surface area contributed by atoms with Crippen molar-refractivity contribution in [3.63, 3.8) is 0 Å². The third-order valence-corrected chi connectivity index (χ3v) is 21.5. The van der Waals surface area contributed by atoms with E-state index in [9.17, 15) is 24.0 Å². The lowest BCUT2D eigenvalue weighted by atomic mass is 10.0. The summed E-state index contributed by atoms with van der Waals surface area (Å²) < 4.78 is 16.9. The minimum atomic E-state index is -0.954. The SMILES string of the molecule is CCCCCCCCCCCCCCCCCC(=O)O.CCCCCCCCCCCCCCCCCC(=O)O.CCCCCCCCCCCCCCCCCC(=O)OCC(COC(=O)CCCCCCCCCCCCCCCCC)OC(=O)CCCCCCCCCCCCCCCCC.OCC(O)CO. The highest BCUT2D eigenvalue weighted by atomic mass is 16.6. The number of aliphatic carboxylic acids is 2. The van der Waals surface area contributed by atoms with Crippen LogP contribution < -0.4 is 0 Å². The van der Waals surface area contributed by atoms with Gasteiger partial charge in [-0.3, -0.25) is 24.0 Å². The number of hydrogen-bond acceptors (Lipinski definition) is 11. The first kappa shape index (κ1) is 113. The molecule has 0 atom stereocenters. The van der Waals surface area contributed by atoms with Crippen LogP contribution in [0.25, 0.3) is 0 Å². The molecule has 0 saturated heterocycles. The van der Waals surface area contributed by atoms with Crippen LogP contribution in [0, 0.1) is 0 Å². The van der Waals surface area contributed by atoms with Crippen molar-refractivity contribution in [2.45, 2.75) is 560 Å². The number of carboxylic acid groups (broad SMARTS) is 2. The van der Waals surface area contributed by atoms with E-state index in [4.69, 9.17) is 39.7 Å². The van der Waals surface area contributed by atoms with Crippen molar-refractivity contribution in [3.05, 3.63) is 0 Å². The van der Waals surface area contributed by atoms with Gasteiger partial charge in [0.15, 0.2) is 6.10 Å². The molecule has 0 aliphatic heterocycles. The van der Waals surface area contributed by atoms with Crippen molar-refractivity contribution >= 4 is 29.8 Å². The maximum Gasteiger partial charge on any atom is 0.306 e. The molecule has 5 N–H and O–H groups in total. The van der Waals surface area contributed by atoms with Crippen LogP contribution in [0.2, 0.25) is 0 Å². The number of aliphatic hydroxyl groups is 3. The van der Waals surface area contributed by atoms with Crippen LogP contribution >= 0.6 is 0 Å². The predicted octanol–water partition coefficient (Wildman–Crippen LogP) is 29.8. The average molecular weight is 1550 g/mol. The Morgan fingerprint density at radius 3 is 0.486 bits per heavy atom. The zero-order valence-corrected chi connectivity index (χ0v) is 73.6. The lowest BCUT2D eigenvalue weighted by Gasteiger charge is -2.18. The molecule has 0 aromatic heterocycles. The fraction of sp³-hybridized carbons (Fsp3) is 0.948. The first-order chi connectivity index (χ1) is 53.4. The summed E-state index contributed by atoms with van der Waals surface area (Å²) in [5, 5.41) is 41.1. The van der Waals surface area contributed by atoms with E-state index in [0.717, 1.165) is 83.5 Å². The van der Waals surface area contributed by atoms with Crippen LogP contribution in [0.5, 0.6) is 0 Å². The smallest absolute Gasteiger partial charge is 0.306 e. The zero-order valence-electron chi connectivity index (χ0n) is 73.6. The van der Waals surface area contributed by atoms with Crippen molar-refractivity contribution in [3.8, 4) is 0 Å². The molecule has 0 aromatic rings. The summed E-state index contributed by atoms with van der Waals surface area (Å²) in [6.07, 6.45) is 97.4. The Morgan fingerprint density at radius 1 is 0.211 bits per heavy atom. The second kappa shape index (κ2) is 103. The van der Waals surface area contributed by atoms with Crippen molar-refractivity contribution in [2.24, 2.45) is 0 Å². The molecule has 0 aromatic carbocycles. The number of unbranched alkanes of at least 4 members (excludes halogenated alkanes) is 70. The van der Waals surface area contributed by atoms with E-state index in [2.05, 4.69) is 34.6 Å². The Kier molecular flexibility index (Phi) is 107. The molecule has 0 unspecified atom stereocenters. The average Bonchev–Trinajstić information content (AvgIpc) is 0.951. The first-order valence-electron chi connectivity index (χ1n) is 48.2. The van der Waals surface area contributed by atoms with Gasteiger partial charge in [0.1, 0.15) is 19.3 Å². The lowest BCUT2D eigenvalue weighted by molar-refractivity contribution is -0.167. The Bertz CT molecular complexity index is 1650. The standard InChI is InChI=1S/C57H110O6.2C18H36O2.C3H8O3/c1-4-7-10-13-16-19-22-25-28-31-34-37-40-43-46-49-55(58)61-52-54(63-57(60)51-48-45-42-39-36-33-30-27-24-21-18-15-12-9-6-3)53-62-56(59)50-47-44-41-38-35-32-29-26-23-20-17-14-11-8-5-2;2*1-2-3-4-5-6-7-8-9-10-11-12-13-14-15-16-17-18(19)20;4-1-3(6)2-5/h54H,4-53H2,1-3H3;2*2-17H2,1H3,(H,19,20);3-6H,1-2H2. The van der Waals surface area contributed by atoms with E-state index in [-0.39, 0.29) is 44.3 Å². The largest absolute Gasteiger partial charge is 0.481 e. The highest BCUT2D eigenvalue weighted by molar-refractivity contribution is 5.71. The molecule has 0 bridgehead atoms. The maximum atomic E-state index is 12.8. The second-order valence-electron chi connectivity index (χ2n) is 32.8. The highest BCUT2D eigenvalue weighted by Crippen LogP contribution is 2.21. The molecule has 109 heavy (non-hydrogen) atoms. The molecule has 0 heterocycles. The quantitative estimate of drug-likeness (QED) is 0.0218. The van der Waals surface area contributed by atoms with Gasteiger partial charge >= 0.3 is 29.8 Å². The predicted molar refractivity (Wildman–Crippen MR) is 465 cm³/mol. The van der Waals surface area contributed by atoms with Crippen LogP contribution in [0.4, 0.5) is 0 Å². The molecule has 0 radical (unpaired) electrons. The third-order valence-electron chi connectivity index (χ3n) is 21.5. The molecule has 652 valence electrons. The molecule has 0 fully saturated rings. The zero-order chi connectivity index (χ0) is 80.6. The molecule has 0 rings (SSSR count). The molecule has 0 spiro atoms. The second-order valence-corrected chi connectivity index (χ2v) is 32.8. The van der Waals surface area contributed by atoms with Gasteiger partial charge in [0.2, 0.25) is 0 Å². The van der Waals surface area contributed by atoms with E-state index in [1.165, 1.54) is 398 Å². The number of carboxylic acids is 2. The number of esters is 3. The summed E-state index contributed by atoms with van der Waals surface area (Å²) >= 11 is 0. The Morgan fingerprint density at radius 2 is 0.349 bits per heavy atom. The van der Waals surface area contributed by atoms with E-state index in [1.807, 2.05) is 0 Å². The van der Waals surface area contributed by atoms with E-state index < -0.39 is 24.1 Å². The van der Waals surface area contributed by atoms with Gasteiger partial charge in [-0.2, -0.15) is 0 Å². The van der Waals surface area contributed by atoms with Gasteiger partial charge in [-0.05, 0) is 32.1 Å². The minimum absolute atomic E-state index is 0.0611. The van der Waals surface area contributed by atoms with Crippen LogP contribution in [0.3, 0.4) is 0 Å². The first-order valence-corrected chi connectivity index (χ1v) is 48.2. The van der Waals surface area contributed by atoms with Gasteiger partial charge in [-0.25, -0.2) is 0 Å². The van der Waals surface area contributed by atoms with Crippen LogP contribution in [-0.4, -0.2) is 94.0 Å². The molecule has 0 saturated carbocycles. The fourth-order valence-corrected chi connectivity index (χ4v) is 14.2. The summed E-state index contributed by atoms with van der Waals surface area (Å²) in [5.41, 5.74) is 0. The van der Waals surface area contributed by atoms with E-state index in [1.54, 1.807) is 0 Å². The van der Waals surface area contributed by atoms with Gasteiger partial charge in [-0.15, -0.1) is 0 Å². The van der Waals surface area contributed by atoms with Crippen LogP contribution in [0.15, 0.2) is 0 Å². The summed E-state index contributed by atoms with van der Waals surface area (Å²) in [6.45, 7) is 10.5. The van der Waals surface area contributed by atoms with Crippen LogP contribution in [-0.2, 0) is 38.2 Å². The Balaban J connectivity index is -0.000000957. The maximum absolute atomic E-state index is 12.8. The molecular weight excluding hydrogens is 1360 g/mol. The summed E-state index contributed by atoms with van der Waals surface area (Å²) in [4.78, 5) is 58.8. The minimum Gasteiger partial charge on any atom is -0.481 e. The van der Waals surface area contributed by atoms with Gasteiger partial charge in [0.05, 0.1) is 13.2 Å². The fourth-order valence-electron chi connectivity index (χ4n) is 14.2. The normalized spacial score (nSPS) is 11.1. The molecule has 0 aliphatic rings. The topological polar surface area (TPSA) is 214 Å². The van der Waals surface area contributed by atoms with Crippen molar-refractivity contribution in [1.82, 2.24) is 0 Å². The Hall–Kier alpha value is -2.77. The Labute approximate surface area is 677 Å². The monoisotopic (exact) mass is 1550 g/mol. The number of ether oxygens (including phenoxy) is 3. The van der Waals surface area contributed by atoms with Gasteiger partial charge in [-0.1, -0.05) is 484 Å². The molecular formula is C96H190O13. The van der Waals surface area contributed by atoms with Crippen molar-refractivity contribution < 1.29 is 63.7 Å². The van der Waals surface area contributed by atoms with Gasteiger partial charge in [0.25, 0.3) is 0 Å². The molecule has 13 heteroatoms. The third kappa shape index (κ3) is 112. The highest BCUT2D eigenvalue weighted by Gasteiger charge is 2.20. The van der Waals surface area contributed by atoms with Crippen molar-refractivity contribution in [1.29, 1.82) is 0 Å². The number of hydrogen-bond donors (Lipinski definition) is 5. The number of carbonyl (C=O) groups is 5. The summed E-state index contributed by atoms with van der Waals surface area (Å²) in [5.74, 6) is -2.14. The van der Waals surface area contributed by atoms with E-state index >= 15 is 0 Å². The van der Waals surface area contributed by atoms with Gasteiger partial charge < -0.3 is 39.7 Å². The number of rotatable bonds is 87. The van der Waals surface area contributed by atoms with Crippen molar-refractivity contribution in [2.75, 3.05) is 26.4 Å². The molecule has 0 amide bonds.